The molecular weight excluding hydrogens is 635 g/mol. The monoisotopic (exact) mass is 680 g/mol. The summed E-state index contributed by atoms with van der Waals surface area (Å²) in [6.45, 7) is 4.67. The Labute approximate surface area is 285 Å². The molecule has 1 saturated heterocycles. The van der Waals surface area contributed by atoms with Crippen LogP contribution < -0.4 is 26.6 Å². The van der Waals surface area contributed by atoms with Gasteiger partial charge >= 0.3 is 0 Å². The number of likely N-dealkylation sites (N-methyl/N-ethyl adjacent to an activating group) is 1. The maximum absolute atomic E-state index is 13.5. The number of halogens is 1. The second-order valence-electron chi connectivity index (χ2n) is 12.4. The molecular formula is C35H45FN6O7. The number of carbonyl (C=O) groups is 7. The van der Waals surface area contributed by atoms with Gasteiger partial charge < -0.3 is 31.5 Å². The van der Waals surface area contributed by atoms with E-state index < -0.39 is 71.3 Å². The molecule has 0 aromatic heterocycles. The Morgan fingerprint density at radius 3 is 2.22 bits per heavy atom. The maximum atomic E-state index is 13.5. The number of nitrogens with zero attached hydrogens (tertiary/aromatic N) is 1. The predicted octanol–water partition coefficient (Wildman–Crippen LogP) is 1.01. The highest BCUT2D eigenvalue weighted by Crippen LogP contribution is 2.11. The summed E-state index contributed by atoms with van der Waals surface area (Å²) in [4.78, 5) is 92.8. The molecule has 0 bridgehead atoms. The normalized spacial score (nSPS) is 21.8. The van der Waals surface area contributed by atoms with Crippen LogP contribution in [0.3, 0.4) is 0 Å². The number of rotatable bonds is 8. The lowest BCUT2D eigenvalue weighted by Crippen LogP contribution is -2.59. The van der Waals surface area contributed by atoms with Crippen LogP contribution in [0, 0.1) is 11.7 Å². The van der Waals surface area contributed by atoms with E-state index in [4.69, 9.17) is 0 Å². The van der Waals surface area contributed by atoms with Crippen molar-refractivity contribution in [3.8, 4) is 0 Å². The van der Waals surface area contributed by atoms with Gasteiger partial charge in [-0.3, -0.25) is 33.6 Å². The highest BCUT2D eigenvalue weighted by atomic mass is 19.1. The van der Waals surface area contributed by atoms with Crippen LogP contribution in [0.2, 0.25) is 0 Å². The van der Waals surface area contributed by atoms with Crippen LogP contribution in [0.5, 0.6) is 0 Å². The van der Waals surface area contributed by atoms with Crippen LogP contribution in [0.15, 0.2) is 54.6 Å². The van der Waals surface area contributed by atoms with E-state index in [-0.39, 0.29) is 56.5 Å². The molecule has 49 heavy (non-hydrogen) atoms. The first-order chi connectivity index (χ1) is 23.2. The van der Waals surface area contributed by atoms with Crippen LogP contribution in [0.25, 0.3) is 0 Å². The van der Waals surface area contributed by atoms with Gasteiger partial charge in [-0.25, -0.2) is 4.39 Å². The van der Waals surface area contributed by atoms with Crippen LogP contribution in [0.4, 0.5) is 4.39 Å². The molecule has 13 nitrogen and oxygen atoms in total. The highest BCUT2D eigenvalue weighted by Gasteiger charge is 2.32. The topological polar surface area (TPSA) is 183 Å². The maximum Gasteiger partial charge on any atom is 0.245 e. The second-order valence-corrected chi connectivity index (χ2v) is 12.4. The fourth-order valence-corrected chi connectivity index (χ4v) is 5.20. The largest absolute Gasteiger partial charge is 0.355 e. The smallest absolute Gasteiger partial charge is 0.245 e. The Hall–Kier alpha value is -5.14. The minimum absolute atomic E-state index is 0.0723. The van der Waals surface area contributed by atoms with Crippen molar-refractivity contribution in [3.63, 3.8) is 0 Å². The van der Waals surface area contributed by atoms with E-state index in [0.717, 1.165) is 17.7 Å². The number of benzene rings is 2. The third-order valence-electron chi connectivity index (χ3n) is 8.04. The quantitative estimate of drug-likeness (QED) is 0.258. The third-order valence-corrected chi connectivity index (χ3v) is 8.04. The molecule has 0 saturated carbocycles. The molecule has 4 atom stereocenters. The Morgan fingerprint density at radius 1 is 0.898 bits per heavy atom. The minimum atomic E-state index is -1.12. The molecule has 0 spiro atoms. The van der Waals surface area contributed by atoms with E-state index >= 15 is 0 Å². The molecule has 1 aliphatic rings. The van der Waals surface area contributed by atoms with Crippen molar-refractivity contribution < 1.29 is 38.0 Å². The molecule has 264 valence electrons. The number of amides is 6. The molecule has 0 radical (unpaired) electrons. The van der Waals surface area contributed by atoms with Crippen molar-refractivity contribution in [1.82, 2.24) is 31.5 Å². The summed E-state index contributed by atoms with van der Waals surface area (Å²) in [5, 5.41) is 13.3. The van der Waals surface area contributed by atoms with Crippen molar-refractivity contribution in [2.45, 2.75) is 77.0 Å². The zero-order valence-electron chi connectivity index (χ0n) is 28.2. The summed E-state index contributed by atoms with van der Waals surface area (Å²) in [7, 11) is 1.44. The molecule has 0 unspecified atom stereocenters. The zero-order chi connectivity index (χ0) is 36.1. The summed E-state index contributed by atoms with van der Waals surface area (Å²) < 4.78 is 13.2. The fraction of sp³-hybridized carbons (Fsp3) is 0.457. The summed E-state index contributed by atoms with van der Waals surface area (Å²) in [5.41, 5.74) is 1.02. The van der Waals surface area contributed by atoms with E-state index in [2.05, 4.69) is 26.6 Å². The van der Waals surface area contributed by atoms with Gasteiger partial charge in [-0.1, -0.05) is 44.2 Å². The molecule has 1 fully saturated rings. The predicted molar refractivity (Wildman–Crippen MR) is 178 cm³/mol. The number of ketones is 1. The first kappa shape index (κ1) is 38.3. The average molecular weight is 681 g/mol. The standard InChI is InChI=1S/C35H45FN6O7/c1-21(2)31-34(48)38-22(3)32(46)40-27(19-23-9-6-5-7-10-23)35(49)42(4)20-30(45)37-18-8-11-26(33(47)41-31)39-29(44)17-16-28(43)24-12-14-25(36)15-13-24/h5-7,9-10,12-15,21-22,26-27,31H,8,11,16-20H2,1-4H3,(H,37,45)(H,38,48)(H,39,44)(H,40,46)(H,41,47)/t22-,26+,27+,31-/m1/s1. The molecule has 14 heteroatoms. The van der Waals surface area contributed by atoms with E-state index in [0.29, 0.717) is 0 Å². The van der Waals surface area contributed by atoms with Gasteiger partial charge in [0, 0.05) is 38.4 Å². The number of hydrogen-bond acceptors (Lipinski definition) is 7. The van der Waals surface area contributed by atoms with Gasteiger partial charge in [-0.2, -0.15) is 0 Å². The van der Waals surface area contributed by atoms with Gasteiger partial charge in [0.05, 0.1) is 6.54 Å². The van der Waals surface area contributed by atoms with E-state index in [9.17, 15) is 38.0 Å². The van der Waals surface area contributed by atoms with Crippen molar-refractivity contribution in [3.05, 3.63) is 71.5 Å². The zero-order valence-corrected chi connectivity index (χ0v) is 28.2. The first-order valence-electron chi connectivity index (χ1n) is 16.3. The van der Waals surface area contributed by atoms with Crippen molar-refractivity contribution >= 4 is 41.2 Å². The second kappa shape index (κ2) is 18.4. The Bertz CT molecular complexity index is 1500. The molecule has 2 aromatic rings. The summed E-state index contributed by atoms with van der Waals surface area (Å²) in [6, 6.07) is 9.63. The lowest BCUT2D eigenvalue weighted by Gasteiger charge is -2.28. The lowest BCUT2D eigenvalue weighted by atomic mass is 10.0. The highest BCUT2D eigenvalue weighted by molar-refractivity contribution is 5.99. The SMILES string of the molecule is CC(C)[C@H]1NC(=O)[C@@H](NC(=O)CCC(=O)c2ccc(F)cc2)CCCNC(=O)CN(C)C(=O)[C@H](Cc2ccccc2)NC(=O)[C@@H](C)NC1=O. The summed E-state index contributed by atoms with van der Waals surface area (Å²) in [6.07, 6.45) is 0.0397. The van der Waals surface area contributed by atoms with Crippen molar-refractivity contribution in [2.75, 3.05) is 20.1 Å². The van der Waals surface area contributed by atoms with E-state index in [1.54, 1.807) is 26.0 Å². The first-order valence-corrected chi connectivity index (χ1v) is 16.3. The molecule has 1 aliphatic heterocycles. The minimum Gasteiger partial charge on any atom is -0.355 e. The molecule has 6 amide bonds. The summed E-state index contributed by atoms with van der Waals surface area (Å²) in [5.74, 6) is -4.81. The third kappa shape index (κ3) is 12.1. The van der Waals surface area contributed by atoms with Crippen LogP contribution in [0.1, 0.15) is 62.4 Å². The molecule has 3 rings (SSSR count). The molecule has 5 N–H and O–H groups in total. The number of carbonyl (C=O) groups excluding carboxylic acids is 7. The number of nitrogens with one attached hydrogen (secondary N) is 5. The Balaban J connectivity index is 1.77. The van der Waals surface area contributed by atoms with Crippen LogP contribution >= 0.6 is 0 Å². The molecule has 0 aliphatic carbocycles. The van der Waals surface area contributed by atoms with Gasteiger partial charge in [0.25, 0.3) is 0 Å². The Kier molecular flexibility index (Phi) is 14.4. The van der Waals surface area contributed by atoms with Crippen LogP contribution in [-0.4, -0.2) is 90.4 Å². The summed E-state index contributed by atoms with van der Waals surface area (Å²) >= 11 is 0. The van der Waals surface area contributed by atoms with Gasteiger partial charge in [0.1, 0.15) is 30.0 Å². The lowest BCUT2D eigenvalue weighted by molar-refractivity contribution is -0.139. The van der Waals surface area contributed by atoms with Crippen molar-refractivity contribution in [2.24, 2.45) is 5.92 Å². The molecule has 2 aromatic carbocycles. The van der Waals surface area contributed by atoms with Gasteiger partial charge in [-0.15, -0.1) is 0 Å². The number of Topliss-reactive ketones (excluding diaryl/α,β-unsaturated/α-hetero) is 1. The van der Waals surface area contributed by atoms with Crippen LogP contribution in [-0.2, 0) is 35.2 Å². The van der Waals surface area contributed by atoms with Gasteiger partial charge in [0.15, 0.2) is 5.78 Å². The fourth-order valence-electron chi connectivity index (χ4n) is 5.20. The van der Waals surface area contributed by atoms with E-state index in [1.165, 1.54) is 31.0 Å². The van der Waals surface area contributed by atoms with Gasteiger partial charge in [-0.05, 0) is 55.5 Å². The number of hydrogen-bond donors (Lipinski definition) is 5. The van der Waals surface area contributed by atoms with Crippen molar-refractivity contribution in [1.29, 1.82) is 0 Å². The average Bonchev–Trinajstić information content (AvgIpc) is 3.06. The molecule has 1 heterocycles. The Morgan fingerprint density at radius 2 is 1.57 bits per heavy atom. The van der Waals surface area contributed by atoms with Gasteiger partial charge in [0.2, 0.25) is 35.4 Å². The van der Waals surface area contributed by atoms with E-state index in [1.807, 2.05) is 18.2 Å².